The van der Waals surface area contributed by atoms with Crippen LogP contribution in [0.5, 0.6) is 5.75 Å². The highest BCUT2D eigenvalue weighted by molar-refractivity contribution is 9.10. The minimum atomic E-state index is 0.109. The fourth-order valence-corrected chi connectivity index (χ4v) is 3.99. The molecule has 0 aliphatic carbocycles. The highest BCUT2D eigenvalue weighted by Crippen LogP contribution is 2.42. The molecule has 0 aromatic heterocycles. The van der Waals surface area contributed by atoms with Gasteiger partial charge in [-0.15, -0.1) is 11.8 Å². The van der Waals surface area contributed by atoms with Crippen molar-refractivity contribution in [3.8, 4) is 5.75 Å². The molecule has 1 unspecified atom stereocenters. The van der Waals surface area contributed by atoms with Gasteiger partial charge in [0.2, 0.25) is 0 Å². The van der Waals surface area contributed by atoms with Crippen LogP contribution in [0.15, 0.2) is 45.8 Å². The van der Waals surface area contributed by atoms with E-state index in [0.29, 0.717) is 0 Å². The lowest BCUT2D eigenvalue weighted by molar-refractivity contribution is 0.410. The zero-order chi connectivity index (χ0) is 14.7. The molecule has 0 fully saturated rings. The quantitative estimate of drug-likeness (QED) is 0.449. The molecule has 2 aromatic carbocycles. The van der Waals surface area contributed by atoms with Gasteiger partial charge in [0.15, 0.2) is 0 Å². The molecule has 106 valence electrons. The summed E-state index contributed by atoms with van der Waals surface area (Å²) < 4.78 is 6.64. The monoisotopic (exact) mass is 414 g/mol. The van der Waals surface area contributed by atoms with Gasteiger partial charge in [-0.25, -0.2) is 0 Å². The summed E-state index contributed by atoms with van der Waals surface area (Å²) in [5, 5.41) is 0. The van der Waals surface area contributed by atoms with Crippen LogP contribution >= 0.6 is 43.6 Å². The van der Waals surface area contributed by atoms with Crippen LogP contribution in [0, 0.1) is 6.92 Å². The van der Waals surface area contributed by atoms with Gasteiger partial charge in [-0.2, -0.15) is 0 Å². The van der Waals surface area contributed by atoms with Crippen LogP contribution in [-0.2, 0) is 0 Å². The summed E-state index contributed by atoms with van der Waals surface area (Å²) in [6.07, 6.45) is 2.10. The van der Waals surface area contributed by atoms with Gasteiger partial charge in [-0.1, -0.05) is 50.1 Å². The van der Waals surface area contributed by atoms with Crippen LogP contribution in [0.25, 0.3) is 0 Å². The van der Waals surface area contributed by atoms with E-state index in [1.807, 2.05) is 0 Å². The van der Waals surface area contributed by atoms with E-state index in [9.17, 15) is 0 Å². The molecule has 20 heavy (non-hydrogen) atoms. The van der Waals surface area contributed by atoms with Gasteiger partial charge in [0.1, 0.15) is 5.75 Å². The van der Waals surface area contributed by atoms with E-state index in [2.05, 4.69) is 81.4 Å². The molecule has 0 heterocycles. The fourth-order valence-electron chi connectivity index (χ4n) is 2.09. The second-order valence-corrected chi connectivity index (χ2v) is 7.07. The summed E-state index contributed by atoms with van der Waals surface area (Å²) in [5.74, 6) is 0.906. The summed E-state index contributed by atoms with van der Waals surface area (Å²) in [4.78, 5) is 1.38. The molecular formula is C16H16Br2OS. The number of hydrogen-bond donors (Lipinski definition) is 0. The maximum Gasteiger partial charge on any atom is 0.123 e. The van der Waals surface area contributed by atoms with Crippen molar-refractivity contribution in [1.29, 1.82) is 0 Å². The summed E-state index contributed by atoms with van der Waals surface area (Å²) in [6, 6.07) is 12.6. The van der Waals surface area contributed by atoms with E-state index >= 15 is 0 Å². The first-order chi connectivity index (χ1) is 9.58. The van der Waals surface area contributed by atoms with Gasteiger partial charge in [0, 0.05) is 14.9 Å². The first kappa shape index (κ1) is 15.9. The van der Waals surface area contributed by atoms with Crippen molar-refractivity contribution < 1.29 is 4.74 Å². The first-order valence-corrected chi connectivity index (χ1v) is 9.12. The predicted molar refractivity (Wildman–Crippen MR) is 94.4 cm³/mol. The van der Waals surface area contributed by atoms with E-state index < -0.39 is 0 Å². The molecule has 0 saturated heterocycles. The second-order valence-electron chi connectivity index (χ2n) is 4.45. The standard InChI is InChI=1S/C16H16Br2OS/c1-10-8-14(19-2)12(9-13(10)17)16(18)11-6-4-5-7-15(11)20-3/h4-9,16H,1-3H3. The Balaban J connectivity index is 2.52. The van der Waals surface area contributed by atoms with Gasteiger partial charge in [0.05, 0.1) is 11.9 Å². The number of thioether (sulfide) groups is 1. The van der Waals surface area contributed by atoms with Crippen molar-refractivity contribution in [2.45, 2.75) is 16.6 Å². The van der Waals surface area contributed by atoms with E-state index in [0.717, 1.165) is 15.8 Å². The molecule has 0 bridgehead atoms. The molecule has 1 atom stereocenters. The molecule has 0 spiro atoms. The Morgan fingerprint density at radius 2 is 1.85 bits per heavy atom. The molecule has 0 aliphatic heterocycles. The molecule has 0 saturated carbocycles. The summed E-state index contributed by atoms with van der Waals surface area (Å²) in [7, 11) is 1.71. The van der Waals surface area contributed by atoms with Gasteiger partial charge in [0.25, 0.3) is 0 Å². The number of rotatable bonds is 4. The molecule has 4 heteroatoms. The fraction of sp³-hybridized carbons (Fsp3) is 0.250. The zero-order valence-electron chi connectivity index (χ0n) is 11.6. The third-order valence-corrected chi connectivity index (χ3v) is 5.85. The number of ether oxygens (including phenoxy) is 1. The third-order valence-electron chi connectivity index (χ3n) is 3.20. The van der Waals surface area contributed by atoms with E-state index in [4.69, 9.17) is 4.74 Å². The van der Waals surface area contributed by atoms with Crippen LogP contribution in [-0.4, -0.2) is 13.4 Å². The van der Waals surface area contributed by atoms with Crippen LogP contribution in [0.3, 0.4) is 0 Å². The highest BCUT2D eigenvalue weighted by Gasteiger charge is 2.19. The lowest BCUT2D eigenvalue weighted by Crippen LogP contribution is -1.99. The molecule has 2 rings (SSSR count). The predicted octanol–water partition coefficient (Wildman–Crippen LogP) is 5.97. The normalized spacial score (nSPS) is 12.2. The van der Waals surface area contributed by atoms with Gasteiger partial charge >= 0.3 is 0 Å². The number of hydrogen-bond acceptors (Lipinski definition) is 2. The zero-order valence-corrected chi connectivity index (χ0v) is 15.6. The molecule has 0 amide bonds. The van der Waals surface area contributed by atoms with Crippen molar-refractivity contribution in [2.75, 3.05) is 13.4 Å². The summed E-state index contributed by atoms with van der Waals surface area (Å²) in [6.45, 7) is 2.06. The van der Waals surface area contributed by atoms with Crippen molar-refractivity contribution in [3.05, 3.63) is 57.6 Å². The summed E-state index contributed by atoms with van der Waals surface area (Å²) >= 11 is 9.18. The van der Waals surface area contributed by atoms with Crippen molar-refractivity contribution in [1.82, 2.24) is 0 Å². The van der Waals surface area contributed by atoms with Crippen molar-refractivity contribution >= 4 is 43.6 Å². The second kappa shape index (κ2) is 7.01. The minimum Gasteiger partial charge on any atom is -0.496 e. The molecule has 0 aliphatic rings. The van der Waals surface area contributed by atoms with Crippen LogP contribution in [0.1, 0.15) is 21.5 Å². The maximum absolute atomic E-state index is 5.54. The van der Waals surface area contributed by atoms with Crippen LogP contribution in [0.2, 0.25) is 0 Å². The Kier molecular flexibility index (Phi) is 5.58. The number of methoxy groups -OCH3 is 1. The smallest absolute Gasteiger partial charge is 0.123 e. The maximum atomic E-state index is 5.54. The Hall–Kier alpha value is -0.450. The van der Waals surface area contributed by atoms with E-state index in [1.54, 1.807) is 18.9 Å². The van der Waals surface area contributed by atoms with Gasteiger partial charge in [-0.05, 0) is 42.5 Å². The van der Waals surface area contributed by atoms with Gasteiger partial charge < -0.3 is 4.74 Å². The van der Waals surface area contributed by atoms with Crippen LogP contribution < -0.4 is 4.74 Å². The van der Waals surface area contributed by atoms with E-state index in [1.165, 1.54) is 16.0 Å². The van der Waals surface area contributed by atoms with Crippen molar-refractivity contribution in [3.63, 3.8) is 0 Å². The highest BCUT2D eigenvalue weighted by atomic mass is 79.9. The topological polar surface area (TPSA) is 9.23 Å². The SMILES string of the molecule is COc1cc(C)c(Br)cc1C(Br)c1ccccc1SC. The lowest BCUT2D eigenvalue weighted by atomic mass is 10.0. The number of benzene rings is 2. The largest absolute Gasteiger partial charge is 0.496 e. The Labute approximate surface area is 141 Å². The Morgan fingerprint density at radius 1 is 1.15 bits per heavy atom. The number of alkyl halides is 1. The number of halogens is 2. The Morgan fingerprint density at radius 3 is 2.50 bits per heavy atom. The first-order valence-electron chi connectivity index (χ1n) is 6.19. The lowest BCUT2D eigenvalue weighted by Gasteiger charge is -2.18. The molecule has 0 radical (unpaired) electrons. The average molecular weight is 416 g/mol. The number of aryl methyl sites for hydroxylation is 1. The summed E-state index contributed by atoms with van der Waals surface area (Å²) in [5.41, 5.74) is 3.56. The average Bonchev–Trinajstić information content (AvgIpc) is 2.48. The Bertz CT molecular complexity index is 613. The van der Waals surface area contributed by atoms with Crippen molar-refractivity contribution in [2.24, 2.45) is 0 Å². The van der Waals surface area contributed by atoms with Crippen LogP contribution in [0.4, 0.5) is 0 Å². The van der Waals surface area contributed by atoms with E-state index in [-0.39, 0.29) is 4.83 Å². The molecule has 2 aromatic rings. The molecule has 1 nitrogen and oxygen atoms in total. The third kappa shape index (κ3) is 3.23. The molecular weight excluding hydrogens is 400 g/mol. The van der Waals surface area contributed by atoms with Gasteiger partial charge in [-0.3, -0.25) is 0 Å². The molecule has 0 N–H and O–H groups in total. The minimum absolute atomic E-state index is 0.109.